The molecule has 2 fully saturated rings. The number of hydrogen-bond donors (Lipinski definition) is 0. The van der Waals surface area contributed by atoms with Crippen LogP contribution in [0.4, 0.5) is 10.1 Å². The molecule has 32 heavy (non-hydrogen) atoms. The first kappa shape index (κ1) is 22.4. The van der Waals surface area contributed by atoms with E-state index in [0.29, 0.717) is 24.2 Å². The number of sulfonamides is 1. The molecule has 0 N–H and O–H groups in total. The molecule has 4 rings (SSSR count). The minimum absolute atomic E-state index is 0.0117. The SMILES string of the molecule is CN(C(=O)C1CC1)c1ccccc1C(=O)N1CCCN(S(=O)(=O)c2ccc(F)cc2)CC1. The lowest BCUT2D eigenvalue weighted by Gasteiger charge is -2.25. The van der Waals surface area contributed by atoms with E-state index in [1.807, 2.05) is 0 Å². The molecule has 2 aromatic carbocycles. The van der Waals surface area contributed by atoms with Gasteiger partial charge in [0.15, 0.2) is 0 Å². The molecule has 1 aliphatic heterocycles. The highest BCUT2D eigenvalue weighted by atomic mass is 32.2. The lowest BCUT2D eigenvalue weighted by atomic mass is 10.1. The Balaban J connectivity index is 1.50. The fourth-order valence-electron chi connectivity index (χ4n) is 3.93. The van der Waals surface area contributed by atoms with Gasteiger partial charge in [-0.2, -0.15) is 4.31 Å². The molecule has 0 atom stereocenters. The first-order valence-electron chi connectivity index (χ1n) is 10.7. The summed E-state index contributed by atoms with van der Waals surface area (Å²) in [7, 11) is -2.09. The van der Waals surface area contributed by atoms with E-state index in [-0.39, 0.29) is 42.3 Å². The number of amides is 2. The molecule has 0 unspecified atom stereocenters. The third kappa shape index (κ3) is 4.54. The Labute approximate surface area is 187 Å². The highest BCUT2D eigenvalue weighted by Gasteiger charge is 2.34. The Morgan fingerprint density at radius 2 is 1.66 bits per heavy atom. The Kier molecular flexibility index (Phi) is 6.30. The molecular weight excluding hydrogens is 433 g/mol. The molecule has 1 saturated carbocycles. The minimum atomic E-state index is -3.78. The highest BCUT2D eigenvalue weighted by Crippen LogP contribution is 2.33. The van der Waals surface area contributed by atoms with E-state index in [1.165, 1.54) is 16.4 Å². The predicted molar refractivity (Wildman–Crippen MR) is 118 cm³/mol. The van der Waals surface area contributed by atoms with Crippen molar-refractivity contribution >= 4 is 27.5 Å². The largest absolute Gasteiger partial charge is 0.337 e. The van der Waals surface area contributed by atoms with E-state index in [9.17, 15) is 22.4 Å². The zero-order valence-electron chi connectivity index (χ0n) is 17.9. The van der Waals surface area contributed by atoms with Gasteiger partial charge < -0.3 is 9.80 Å². The molecule has 170 valence electrons. The number of benzene rings is 2. The van der Waals surface area contributed by atoms with Crippen molar-refractivity contribution in [2.75, 3.05) is 38.1 Å². The van der Waals surface area contributed by atoms with E-state index in [4.69, 9.17) is 0 Å². The van der Waals surface area contributed by atoms with Gasteiger partial charge in [0.1, 0.15) is 5.82 Å². The topological polar surface area (TPSA) is 78.0 Å². The quantitative estimate of drug-likeness (QED) is 0.689. The first-order chi connectivity index (χ1) is 15.3. The van der Waals surface area contributed by atoms with Crippen LogP contribution in [0.15, 0.2) is 53.4 Å². The van der Waals surface area contributed by atoms with Crippen molar-refractivity contribution in [2.45, 2.75) is 24.2 Å². The molecule has 2 aromatic rings. The molecule has 9 heteroatoms. The minimum Gasteiger partial charge on any atom is -0.337 e. The molecule has 1 aliphatic carbocycles. The summed E-state index contributed by atoms with van der Waals surface area (Å²) in [6.07, 6.45) is 2.23. The van der Waals surface area contributed by atoms with Crippen LogP contribution in [-0.2, 0) is 14.8 Å². The van der Waals surface area contributed by atoms with Gasteiger partial charge >= 0.3 is 0 Å². The van der Waals surface area contributed by atoms with Crippen molar-refractivity contribution in [3.63, 3.8) is 0 Å². The van der Waals surface area contributed by atoms with Crippen molar-refractivity contribution in [1.82, 2.24) is 9.21 Å². The second-order valence-corrected chi connectivity index (χ2v) is 10.1. The molecule has 1 heterocycles. The smallest absolute Gasteiger partial charge is 0.256 e. The Morgan fingerprint density at radius 3 is 2.34 bits per heavy atom. The average molecular weight is 460 g/mol. The van der Waals surface area contributed by atoms with E-state index in [0.717, 1.165) is 25.0 Å². The fraction of sp³-hybridized carbons (Fsp3) is 0.391. The monoisotopic (exact) mass is 459 g/mol. The van der Waals surface area contributed by atoms with Crippen LogP contribution >= 0.6 is 0 Å². The summed E-state index contributed by atoms with van der Waals surface area (Å²) in [6, 6.07) is 11.8. The van der Waals surface area contributed by atoms with Crippen molar-refractivity contribution < 1.29 is 22.4 Å². The third-order valence-electron chi connectivity index (χ3n) is 5.95. The number of anilines is 1. The van der Waals surface area contributed by atoms with Crippen LogP contribution in [0, 0.1) is 11.7 Å². The van der Waals surface area contributed by atoms with Crippen LogP contribution < -0.4 is 4.90 Å². The summed E-state index contributed by atoms with van der Waals surface area (Å²) < 4.78 is 40.4. The van der Waals surface area contributed by atoms with Gasteiger partial charge in [-0.15, -0.1) is 0 Å². The maximum absolute atomic E-state index is 13.3. The molecular formula is C23H26FN3O4S. The van der Waals surface area contributed by atoms with Gasteiger partial charge in [-0.05, 0) is 55.7 Å². The Morgan fingerprint density at radius 1 is 0.969 bits per heavy atom. The van der Waals surface area contributed by atoms with E-state index >= 15 is 0 Å². The molecule has 0 aromatic heterocycles. The van der Waals surface area contributed by atoms with Gasteiger partial charge in [0.05, 0.1) is 16.1 Å². The van der Waals surface area contributed by atoms with Gasteiger partial charge in [-0.1, -0.05) is 12.1 Å². The summed E-state index contributed by atoms with van der Waals surface area (Å²) in [5.74, 6) is -0.679. The number of carbonyl (C=O) groups excluding carboxylic acids is 2. The van der Waals surface area contributed by atoms with Gasteiger partial charge in [0.2, 0.25) is 15.9 Å². The van der Waals surface area contributed by atoms with Crippen LogP contribution in [-0.4, -0.2) is 62.7 Å². The number of rotatable bonds is 5. The number of para-hydroxylation sites is 1. The predicted octanol–water partition coefficient (Wildman–Crippen LogP) is 2.74. The Bertz CT molecular complexity index is 1120. The summed E-state index contributed by atoms with van der Waals surface area (Å²) in [4.78, 5) is 29.1. The van der Waals surface area contributed by atoms with Gasteiger partial charge in [0.25, 0.3) is 5.91 Å². The Hall–Kier alpha value is -2.78. The van der Waals surface area contributed by atoms with E-state index in [2.05, 4.69) is 0 Å². The lowest BCUT2D eigenvalue weighted by Crippen LogP contribution is -2.38. The van der Waals surface area contributed by atoms with Crippen molar-refractivity contribution in [3.05, 3.63) is 59.9 Å². The van der Waals surface area contributed by atoms with Crippen LogP contribution in [0.25, 0.3) is 0 Å². The lowest BCUT2D eigenvalue weighted by molar-refractivity contribution is -0.119. The van der Waals surface area contributed by atoms with Crippen molar-refractivity contribution in [1.29, 1.82) is 0 Å². The molecule has 0 radical (unpaired) electrons. The maximum Gasteiger partial charge on any atom is 0.256 e. The highest BCUT2D eigenvalue weighted by molar-refractivity contribution is 7.89. The van der Waals surface area contributed by atoms with Crippen LogP contribution in [0.5, 0.6) is 0 Å². The van der Waals surface area contributed by atoms with Gasteiger partial charge in [-0.3, -0.25) is 9.59 Å². The molecule has 7 nitrogen and oxygen atoms in total. The second kappa shape index (κ2) is 8.99. The van der Waals surface area contributed by atoms with Gasteiger partial charge in [-0.25, -0.2) is 12.8 Å². The third-order valence-corrected chi connectivity index (χ3v) is 7.86. The number of nitrogens with zero attached hydrogens (tertiary/aromatic N) is 3. The van der Waals surface area contributed by atoms with Crippen LogP contribution in [0.3, 0.4) is 0 Å². The summed E-state index contributed by atoms with van der Waals surface area (Å²) in [6.45, 7) is 1.05. The number of hydrogen-bond acceptors (Lipinski definition) is 4. The molecule has 1 saturated heterocycles. The van der Waals surface area contributed by atoms with Crippen LogP contribution in [0.1, 0.15) is 29.6 Å². The second-order valence-electron chi connectivity index (χ2n) is 8.19. The number of halogens is 1. The standard InChI is InChI=1S/C23H26FN3O4S/c1-25(22(28)17-7-8-17)21-6-3-2-5-20(21)23(29)26-13-4-14-27(16-15-26)32(30,31)19-11-9-18(24)10-12-19/h2-3,5-6,9-12,17H,4,7-8,13-16H2,1H3. The average Bonchev–Trinajstić information content (AvgIpc) is 3.65. The molecule has 2 aliphatic rings. The van der Waals surface area contributed by atoms with Crippen LogP contribution in [0.2, 0.25) is 0 Å². The fourth-order valence-corrected chi connectivity index (χ4v) is 5.40. The molecule has 2 amide bonds. The summed E-state index contributed by atoms with van der Waals surface area (Å²) >= 11 is 0. The molecule has 0 bridgehead atoms. The van der Waals surface area contributed by atoms with Crippen molar-refractivity contribution in [3.8, 4) is 0 Å². The molecule has 0 spiro atoms. The summed E-state index contributed by atoms with van der Waals surface area (Å²) in [5, 5.41) is 0. The maximum atomic E-state index is 13.3. The zero-order valence-corrected chi connectivity index (χ0v) is 18.7. The van der Waals surface area contributed by atoms with Crippen molar-refractivity contribution in [2.24, 2.45) is 5.92 Å². The normalized spacial score (nSPS) is 17.6. The first-order valence-corrected chi connectivity index (χ1v) is 12.1. The van der Waals surface area contributed by atoms with E-state index < -0.39 is 15.8 Å². The number of carbonyl (C=O) groups is 2. The van der Waals surface area contributed by atoms with E-state index in [1.54, 1.807) is 41.1 Å². The zero-order chi connectivity index (χ0) is 22.9. The summed E-state index contributed by atoms with van der Waals surface area (Å²) in [5.41, 5.74) is 0.994. The van der Waals surface area contributed by atoms with Gasteiger partial charge in [0, 0.05) is 39.1 Å².